The van der Waals surface area contributed by atoms with E-state index in [-0.39, 0.29) is 10.1 Å². The van der Waals surface area contributed by atoms with Crippen LogP contribution in [-0.2, 0) is 23.2 Å². The van der Waals surface area contributed by atoms with Gasteiger partial charge in [-0.25, -0.2) is 0 Å². The maximum absolute atomic E-state index is 4.11. The first kappa shape index (κ1) is 30.3. The van der Waals surface area contributed by atoms with Crippen LogP contribution in [0.3, 0.4) is 0 Å². The predicted octanol–water partition coefficient (Wildman–Crippen LogP) is 10.5. The molecular weight excluding hydrogens is 584 g/mol. The molecule has 4 rings (SSSR count). The molecule has 2 aliphatic rings. The fraction of sp³-hybridized carbons (Fsp3) is 0.412. The summed E-state index contributed by atoms with van der Waals surface area (Å²) in [4.78, 5) is 8.21. The second kappa shape index (κ2) is 10.6. The van der Waals surface area contributed by atoms with Gasteiger partial charge in [-0.3, -0.25) is 0 Å². The van der Waals surface area contributed by atoms with Crippen molar-refractivity contribution in [3.63, 3.8) is 0 Å². The summed E-state index contributed by atoms with van der Waals surface area (Å²) in [6.45, 7) is 29.8. The Hall–Kier alpha value is -1.68. The van der Waals surface area contributed by atoms with Crippen LogP contribution >= 0.6 is 0 Å². The standard InChI is InChI=1S/2C17H24NSi.Zr/c2*1-13-12-17(4,15(3)14(13)2)19(5,6)18-16-10-8-7-9-11-16;/h2*7-11,18H,1-6H3;. The number of hydrogen-bond acceptors (Lipinski definition) is 2. The fourth-order valence-electron chi connectivity index (χ4n) is 6.95. The molecule has 0 bridgehead atoms. The molecule has 0 radical (unpaired) electrons. The van der Waals surface area contributed by atoms with E-state index in [2.05, 4.69) is 152 Å². The summed E-state index contributed by atoms with van der Waals surface area (Å²) in [6, 6.07) is 21.8. The van der Waals surface area contributed by atoms with Gasteiger partial charge in [0.1, 0.15) is 0 Å². The molecule has 2 unspecified atom stereocenters. The SMILES string of the molecule is CC1=C(C)C(C)([Si](C)(C)Nc2ccccc2)[C]([Zr][C]2=C(C)C(C)=C(C)C2(C)[Si](C)(C)Nc2ccccc2)=C1C. The van der Waals surface area contributed by atoms with E-state index in [1.807, 2.05) is 0 Å². The molecule has 2 aliphatic carbocycles. The third-order valence-corrected chi connectivity index (χ3v) is 25.5. The van der Waals surface area contributed by atoms with Crippen molar-refractivity contribution in [3.8, 4) is 0 Å². The Balaban J connectivity index is 1.80. The van der Waals surface area contributed by atoms with Gasteiger partial charge in [0.25, 0.3) is 0 Å². The molecule has 0 amide bonds. The van der Waals surface area contributed by atoms with Gasteiger partial charge in [-0.2, -0.15) is 0 Å². The van der Waals surface area contributed by atoms with Crippen molar-refractivity contribution < 1.29 is 23.2 Å². The van der Waals surface area contributed by atoms with E-state index in [1.165, 1.54) is 22.5 Å². The summed E-state index contributed by atoms with van der Waals surface area (Å²) in [5.41, 5.74) is 11.9. The molecule has 2 aromatic carbocycles. The number of para-hydroxylation sites is 2. The third kappa shape index (κ3) is 4.81. The van der Waals surface area contributed by atoms with Crippen molar-refractivity contribution in [2.24, 2.45) is 0 Å². The summed E-state index contributed by atoms with van der Waals surface area (Å²) in [5, 5.41) is 0.195. The van der Waals surface area contributed by atoms with Gasteiger partial charge in [-0.15, -0.1) is 0 Å². The average Bonchev–Trinajstić information content (AvgIpc) is 3.17. The van der Waals surface area contributed by atoms with Crippen LogP contribution in [-0.4, -0.2) is 16.5 Å². The number of nitrogens with one attached hydrogen (secondary N) is 2. The molecule has 2 nitrogen and oxygen atoms in total. The van der Waals surface area contributed by atoms with Gasteiger partial charge in [0.2, 0.25) is 0 Å². The molecule has 39 heavy (non-hydrogen) atoms. The quantitative estimate of drug-likeness (QED) is 0.283. The second-order valence-corrected chi connectivity index (χ2v) is 25.2. The monoisotopic (exact) mass is 630 g/mol. The first-order valence-corrected chi connectivity index (χ1v) is 22.8. The van der Waals surface area contributed by atoms with Crippen molar-refractivity contribution in [2.75, 3.05) is 9.96 Å². The number of rotatable bonds is 8. The molecular formula is C34H48N2Si2Zr. The van der Waals surface area contributed by atoms with Crippen LogP contribution in [0.4, 0.5) is 11.4 Å². The molecule has 2 aromatic rings. The Morgan fingerprint density at radius 3 is 1.13 bits per heavy atom. The maximum atomic E-state index is 4.11. The number of benzene rings is 2. The first-order chi connectivity index (χ1) is 18.1. The predicted molar refractivity (Wildman–Crippen MR) is 174 cm³/mol. The minimum absolute atomic E-state index is 0.0975. The van der Waals surface area contributed by atoms with Crippen molar-refractivity contribution in [2.45, 2.75) is 91.7 Å². The summed E-state index contributed by atoms with van der Waals surface area (Å²) < 4.78 is 3.60. The Bertz CT molecular complexity index is 1290. The Morgan fingerprint density at radius 2 is 0.821 bits per heavy atom. The van der Waals surface area contributed by atoms with Crippen molar-refractivity contribution >= 4 is 27.8 Å². The topological polar surface area (TPSA) is 24.1 Å². The van der Waals surface area contributed by atoms with Gasteiger partial charge >= 0.3 is 253 Å². The van der Waals surface area contributed by atoms with Crippen molar-refractivity contribution in [3.05, 3.63) is 101 Å². The van der Waals surface area contributed by atoms with Crippen LogP contribution in [0.15, 0.2) is 101 Å². The normalized spacial score (nSPS) is 24.2. The van der Waals surface area contributed by atoms with Gasteiger partial charge in [-0.05, 0) is 0 Å². The molecule has 2 N–H and O–H groups in total. The third-order valence-electron chi connectivity index (χ3n) is 10.7. The molecule has 0 aliphatic heterocycles. The van der Waals surface area contributed by atoms with Crippen LogP contribution in [0.2, 0.25) is 36.3 Å². The van der Waals surface area contributed by atoms with E-state index < -0.39 is 39.7 Å². The number of hydrogen-bond donors (Lipinski definition) is 2. The molecule has 0 aromatic heterocycles. The van der Waals surface area contributed by atoms with Crippen molar-refractivity contribution in [1.29, 1.82) is 0 Å². The molecule has 5 heteroatoms. The summed E-state index contributed by atoms with van der Waals surface area (Å²) in [7, 11) is -3.98. The molecule has 0 saturated heterocycles. The minimum atomic E-state index is -1.99. The van der Waals surface area contributed by atoms with Crippen LogP contribution in [0.25, 0.3) is 0 Å². The summed E-state index contributed by atoms with van der Waals surface area (Å²) in [6.07, 6.45) is 0. The zero-order chi connectivity index (χ0) is 29.0. The fourth-order valence-corrected chi connectivity index (χ4v) is 23.1. The van der Waals surface area contributed by atoms with E-state index >= 15 is 0 Å². The number of anilines is 2. The molecule has 206 valence electrons. The zero-order valence-corrected chi connectivity index (χ0v) is 30.7. The summed E-state index contributed by atoms with van der Waals surface area (Å²) >= 11 is -1.14. The van der Waals surface area contributed by atoms with E-state index in [0.717, 1.165) is 0 Å². The van der Waals surface area contributed by atoms with Gasteiger partial charge in [0, 0.05) is 0 Å². The molecule has 2 atom stereocenters. The molecule has 0 saturated carbocycles. The Labute approximate surface area is 251 Å². The van der Waals surface area contributed by atoms with Crippen LogP contribution < -0.4 is 9.96 Å². The van der Waals surface area contributed by atoms with E-state index in [9.17, 15) is 0 Å². The molecule has 0 fully saturated rings. The average molecular weight is 632 g/mol. The van der Waals surface area contributed by atoms with Gasteiger partial charge in [0.05, 0.1) is 0 Å². The van der Waals surface area contributed by atoms with E-state index in [4.69, 9.17) is 0 Å². The Morgan fingerprint density at radius 1 is 0.513 bits per heavy atom. The zero-order valence-electron chi connectivity index (χ0n) is 26.3. The van der Waals surface area contributed by atoms with Crippen LogP contribution in [0.1, 0.15) is 55.4 Å². The van der Waals surface area contributed by atoms with Crippen molar-refractivity contribution in [1.82, 2.24) is 0 Å². The van der Waals surface area contributed by atoms with Gasteiger partial charge in [-0.1, -0.05) is 0 Å². The second-order valence-electron chi connectivity index (χ2n) is 13.1. The first-order valence-electron chi connectivity index (χ1n) is 14.3. The Kier molecular flexibility index (Phi) is 8.24. The molecule has 0 spiro atoms. The van der Waals surface area contributed by atoms with E-state index in [1.54, 1.807) is 28.9 Å². The van der Waals surface area contributed by atoms with Crippen LogP contribution in [0, 0.1) is 0 Å². The van der Waals surface area contributed by atoms with Crippen LogP contribution in [0.5, 0.6) is 0 Å². The van der Waals surface area contributed by atoms with Gasteiger partial charge < -0.3 is 0 Å². The van der Waals surface area contributed by atoms with E-state index in [0.29, 0.717) is 0 Å². The van der Waals surface area contributed by atoms with Gasteiger partial charge in [0.15, 0.2) is 0 Å². The summed E-state index contributed by atoms with van der Waals surface area (Å²) in [5.74, 6) is 0. The molecule has 0 heterocycles. The number of allylic oxidation sites excluding steroid dienone is 8.